The molecule has 2 aromatic carbocycles. The summed E-state index contributed by atoms with van der Waals surface area (Å²) in [6.07, 6.45) is 0.615. The molecule has 2 aromatic rings. The van der Waals surface area contributed by atoms with E-state index in [-0.39, 0.29) is 17.8 Å². The Kier molecular flexibility index (Phi) is 3.92. The summed E-state index contributed by atoms with van der Waals surface area (Å²) >= 11 is 0. The van der Waals surface area contributed by atoms with Gasteiger partial charge in [-0.1, -0.05) is 36.4 Å². The number of nitrogens with one attached hydrogen (secondary N) is 1. The van der Waals surface area contributed by atoms with Gasteiger partial charge in [0.2, 0.25) is 5.91 Å². The number of esters is 1. The summed E-state index contributed by atoms with van der Waals surface area (Å²) in [6.45, 7) is 0.590. The van der Waals surface area contributed by atoms with Crippen molar-refractivity contribution in [3.63, 3.8) is 0 Å². The molecule has 1 aliphatic heterocycles. The lowest BCUT2D eigenvalue weighted by Crippen LogP contribution is -2.35. The third-order valence-corrected chi connectivity index (χ3v) is 4.01. The second-order valence-electron chi connectivity index (χ2n) is 5.36. The highest BCUT2D eigenvalue weighted by Gasteiger charge is 2.27. The molecular formula is C18H17NO3. The Hall–Kier alpha value is -2.62. The fourth-order valence-corrected chi connectivity index (χ4v) is 2.82. The van der Waals surface area contributed by atoms with Gasteiger partial charge < -0.3 is 10.1 Å². The van der Waals surface area contributed by atoms with Crippen LogP contribution >= 0.6 is 0 Å². The number of ether oxygens (including phenoxy) is 1. The van der Waals surface area contributed by atoms with Crippen molar-refractivity contribution in [3.05, 3.63) is 70.8 Å². The van der Waals surface area contributed by atoms with E-state index < -0.39 is 0 Å². The maximum absolute atomic E-state index is 12.2. The van der Waals surface area contributed by atoms with Crippen LogP contribution in [0.4, 0.5) is 0 Å². The minimum Gasteiger partial charge on any atom is -0.465 e. The van der Waals surface area contributed by atoms with Gasteiger partial charge in [-0.05, 0) is 35.2 Å². The number of carbonyl (C=O) groups is 2. The monoisotopic (exact) mass is 295 g/mol. The van der Waals surface area contributed by atoms with E-state index >= 15 is 0 Å². The molecule has 0 aliphatic carbocycles. The summed E-state index contributed by atoms with van der Waals surface area (Å²) in [5.74, 6) is -0.489. The Morgan fingerprint density at radius 1 is 1.18 bits per heavy atom. The Bertz CT molecular complexity index is 707. The van der Waals surface area contributed by atoms with Crippen LogP contribution in [0.2, 0.25) is 0 Å². The van der Waals surface area contributed by atoms with E-state index in [9.17, 15) is 9.59 Å². The van der Waals surface area contributed by atoms with Gasteiger partial charge in [-0.25, -0.2) is 4.79 Å². The van der Waals surface area contributed by atoms with E-state index in [0.29, 0.717) is 18.5 Å². The summed E-state index contributed by atoms with van der Waals surface area (Å²) in [6, 6.07) is 15.2. The number of hydrogen-bond donors (Lipinski definition) is 1. The van der Waals surface area contributed by atoms with E-state index in [4.69, 9.17) is 0 Å². The summed E-state index contributed by atoms with van der Waals surface area (Å²) < 4.78 is 4.69. The summed E-state index contributed by atoms with van der Waals surface area (Å²) in [5.41, 5.74) is 3.78. The van der Waals surface area contributed by atoms with E-state index in [1.54, 1.807) is 12.1 Å². The molecule has 1 amide bonds. The fraction of sp³-hybridized carbons (Fsp3) is 0.222. The topological polar surface area (TPSA) is 55.4 Å². The standard InChI is InChI=1S/C18H17NO3/c1-22-18(21)13-8-6-12(7-9-13)10-16-15-5-3-2-4-14(15)11-19-17(16)20/h2-9,16H,10-11H2,1H3,(H,19,20). The van der Waals surface area contributed by atoms with Gasteiger partial charge in [0, 0.05) is 6.54 Å². The van der Waals surface area contributed by atoms with Crippen molar-refractivity contribution in [2.45, 2.75) is 18.9 Å². The average Bonchev–Trinajstić information content (AvgIpc) is 2.57. The molecule has 0 saturated heterocycles. The molecule has 1 heterocycles. The Morgan fingerprint density at radius 2 is 1.91 bits per heavy atom. The first-order valence-electron chi connectivity index (χ1n) is 7.22. The number of methoxy groups -OCH3 is 1. The highest BCUT2D eigenvalue weighted by atomic mass is 16.5. The maximum atomic E-state index is 12.2. The van der Waals surface area contributed by atoms with Crippen molar-refractivity contribution < 1.29 is 14.3 Å². The Labute approximate surface area is 129 Å². The van der Waals surface area contributed by atoms with Crippen LogP contribution < -0.4 is 5.32 Å². The molecule has 1 atom stereocenters. The van der Waals surface area contributed by atoms with Crippen LogP contribution in [0.5, 0.6) is 0 Å². The quantitative estimate of drug-likeness (QED) is 0.885. The molecule has 4 heteroatoms. The summed E-state index contributed by atoms with van der Waals surface area (Å²) in [7, 11) is 1.36. The number of carbonyl (C=O) groups excluding carboxylic acids is 2. The Morgan fingerprint density at radius 3 is 2.64 bits per heavy atom. The fourth-order valence-electron chi connectivity index (χ4n) is 2.82. The highest BCUT2D eigenvalue weighted by Crippen LogP contribution is 2.28. The summed E-state index contributed by atoms with van der Waals surface area (Å²) in [5, 5.41) is 2.93. The number of benzene rings is 2. The molecule has 3 rings (SSSR count). The second-order valence-corrected chi connectivity index (χ2v) is 5.36. The lowest BCUT2D eigenvalue weighted by Gasteiger charge is -2.25. The average molecular weight is 295 g/mol. The van der Waals surface area contributed by atoms with Gasteiger partial charge in [0.15, 0.2) is 0 Å². The maximum Gasteiger partial charge on any atom is 0.337 e. The van der Waals surface area contributed by atoms with Gasteiger partial charge in [-0.2, -0.15) is 0 Å². The second kappa shape index (κ2) is 6.02. The van der Waals surface area contributed by atoms with Crippen molar-refractivity contribution >= 4 is 11.9 Å². The van der Waals surface area contributed by atoms with Crippen molar-refractivity contribution in [2.24, 2.45) is 0 Å². The SMILES string of the molecule is COC(=O)c1ccc(CC2C(=O)NCc3ccccc32)cc1. The minimum absolute atomic E-state index is 0.0516. The van der Waals surface area contributed by atoms with Crippen molar-refractivity contribution in [2.75, 3.05) is 7.11 Å². The van der Waals surface area contributed by atoms with Crippen LogP contribution in [-0.4, -0.2) is 19.0 Å². The molecule has 0 radical (unpaired) electrons. The van der Waals surface area contributed by atoms with E-state index in [1.165, 1.54) is 12.7 Å². The van der Waals surface area contributed by atoms with Crippen molar-refractivity contribution in [3.8, 4) is 0 Å². The lowest BCUT2D eigenvalue weighted by atomic mass is 9.85. The molecule has 4 nitrogen and oxygen atoms in total. The zero-order chi connectivity index (χ0) is 15.5. The number of rotatable bonds is 3. The van der Waals surface area contributed by atoms with Gasteiger partial charge in [-0.15, -0.1) is 0 Å². The predicted octanol–water partition coefficient (Wildman–Crippen LogP) is 2.43. The molecular weight excluding hydrogens is 278 g/mol. The number of hydrogen-bond acceptors (Lipinski definition) is 3. The molecule has 1 unspecified atom stereocenters. The lowest BCUT2D eigenvalue weighted by molar-refractivity contribution is -0.123. The van der Waals surface area contributed by atoms with Gasteiger partial charge in [-0.3, -0.25) is 4.79 Å². The van der Waals surface area contributed by atoms with Crippen LogP contribution in [0.15, 0.2) is 48.5 Å². The zero-order valence-electron chi connectivity index (χ0n) is 12.3. The third kappa shape index (κ3) is 2.72. The van der Waals surface area contributed by atoms with Crippen LogP contribution in [0.25, 0.3) is 0 Å². The van der Waals surface area contributed by atoms with Gasteiger partial charge in [0.05, 0.1) is 18.6 Å². The first-order chi connectivity index (χ1) is 10.7. The van der Waals surface area contributed by atoms with Gasteiger partial charge in [0.1, 0.15) is 0 Å². The van der Waals surface area contributed by atoms with Crippen LogP contribution in [0.3, 0.4) is 0 Å². The van der Waals surface area contributed by atoms with Gasteiger partial charge >= 0.3 is 5.97 Å². The molecule has 0 fully saturated rings. The largest absolute Gasteiger partial charge is 0.465 e. The van der Waals surface area contributed by atoms with E-state index in [1.807, 2.05) is 36.4 Å². The normalized spacial score (nSPS) is 16.6. The van der Waals surface area contributed by atoms with E-state index in [0.717, 1.165) is 11.1 Å². The number of fused-ring (bicyclic) bond motifs is 1. The van der Waals surface area contributed by atoms with Gasteiger partial charge in [0.25, 0.3) is 0 Å². The van der Waals surface area contributed by atoms with Crippen molar-refractivity contribution in [1.82, 2.24) is 5.32 Å². The number of amides is 1. The molecule has 1 aliphatic rings. The first kappa shape index (κ1) is 14.3. The molecule has 0 bridgehead atoms. The molecule has 0 spiro atoms. The van der Waals surface area contributed by atoms with Crippen LogP contribution in [0, 0.1) is 0 Å². The molecule has 112 valence electrons. The molecule has 0 saturated carbocycles. The Balaban J connectivity index is 1.83. The zero-order valence-corrected chi connectivity index (χ0v) is 12.3. The first-order valence-corrected chi connectivity index (χ1v) is 7.22. The third-order valence-electron chi connectivity index (χ3n) is 4.01. The smallest absolute Gasteiger partial charge is 0.337 e. The van der Waals surface area contributed by atoms with E-state index in [2.05, 4.69) is 10.1 Å². The minimum atomic E-state index is -0.354. The van der Waals surface area contributed by atoms with Crippen LogP contribution in [0.1, 0.15) is 33.0 Å². The molecule has 22 heavy (non-hydrogen) atoms. The predicted molar refractivity (Wildman–Crippen MR) is 82.5 cm³/mol. The van der Waals surface area contributed by atoms with Crippen molar-refractivity contribution in [1.29, 1.82) is 0 Å². The van der Waals surface area contributed by atoms with Crippen LogP contribution in [-0.2, 0) is 22.5 Å². The molecule has 0 aromatic heterocycles. The summed E-state index contributed by atoms with van der Waals surface area (Å²) in [4.78, 5) is 23.6. The molecule has 1 N–H and O–H groups in total. The highest BCUT2D eigenvalue weighted by molar-refractivity contribution is 5.89.